The molecule has 0 saturated heterocycles. The highest BCUT2D eigenvalue weighted by Gasteiger charge is 2.35. The van der Waals surface area contributed by atoms with Crippen LogP contribution < -0.4 is 0 Å². The molecule has 0 rings (SSSR count). The first-order valence-electron chi connectivity index (χ1n) is 9.06. The van der Waals surface area contributed by atoms with Gasteiger partial charge in [0.15, 0.2) is 0 Å². The van der Waals surface area contributed by atoms with E-state index in [2.05, 4.69) is 4.74 Å². The summed E-state index contributed by atoms with van der Waals surface area (Å²) in [6.45, 7) is 10.8. The standard InChI is InChI=1S/C18H31NO9/c1-8-15(16(22)25-11-24-12(3)20)10-18(6,7)19(9-2)28-17(23)27-14(5)26-13(4)21/h14-15H,8-11H2,1-7H3. The molecule has 0 aromatic heterocycles. The lowest BCUT2D eigenvalue weighted by atomic mass is 9.88. The van der Waals surface area contributed by atoms with Crippen LogP contribution in [0, 0.1) is 5.92 Å². The summed E-state index contributed by atoms with van der Waals surface area (Å²) >= 11 is 0. The molecule has 0 aliphatic heterocycles. The van der Waals surface area contributed by atoms with Crippen molar-refractivity contribution in [2.24, 2.45) is 5.92 Å². The van der Waals surface area contributed by atoms with Gasteiger partial charge in [-0.05, 0) is 33.6 Å². The third-order valence-corrected chi connectivity index (χ3v) is 3.78. The van der Waals surface area contributed by atoms with Crippen molar-refractivity contribution >= 4 is 24.1 Å². The van der Waals surface area contributed by atoms with Crippen LogP contribution in [0.5, 0.6) is 0 Å². The fraction of sp³-hybridized carbons (Fsp3) is 0.778. The van der Waals surface area contributed by atoms with Gasteiger partial charge in [-0.15, -0.1) is 5.06 Å². The van der Waals surface area contributed by atoms with E-state index in [0.717, 1.165) is 0 Å². The van der Waals surface area contributed by atoms with Gasteiger partial charge in [0, 0.05) is 27.3 Å². The maximum atomic E-state index is 12.2. The van der Waals surface area contributed by atoms with Crippen molar-refractivity contribution in [3.63, 3.8) is 0 Å². The molecule has 0 fully saturated rings. The summed E-state index contributed by atoms with van der Waals surface area (Å²) in [5.74, 6) is -2.16. The number of hydrogen-bond donors (Lipinski definition) is 0. The van der Waals surface area contributed by atoms with Crippen LogP contribution in [0.1, 0.15) is 61.3 Å². The van der Waals surface area contributed by atoms with Crippen LogP contribution in [-0.4, -0.2) is 54.3 Å². The Morgan fingerprint density at radius 2 is 1.57 bits per heavy atom. The van der Waals surface area contributed by atoms with Gasteiger partial charge in [0.1, 0.15) is 0 Å². The van der Waals surface area contributed by atoms with Gasteiger partial charge < -0.3 is 23.8 Å². The third kappa shape index (κ3) is 10.1. The van der Waals surface area contributed by atoms with E-state index in [9.17, 15) is 19.2 Å². The summed E-state index contributed by atoms with van der Waals surface area (Å²) in [7, 11) is 0. The lowest BCUT2D eigenvalue weighted by Crippen LogP contribution is -2.47. The first-order valence-corrected chi connectivity index (χ1v) is 9.06. The first-order chi connectivity index (χ1) is 12.9. The van der Waals surface area contributed by atoms with Crippen LogP contribution in [0.25, 0.3) is 0 Å². The molecule has 0 bridgehead atoms. The molecular weight excluding hydrogens is 374 g/mol. The second kappa shape index (κ2) is 12.2. The number of hydrogen-bond acceptors (Lipinski definition) is 10. The van der Waals surface area contributed by atoms with Crippen LogP contribution >= 0.6 is 0 Å². The summed E-state index contributed by atoms with van der Waals surface area (Å²) in [6, 6.07) is 0. The molecule has 0 amide bonds. The second-order valence-corrected chi connectivity index (χ2v) is 6.67. The molecule has 0 saturated carbocycles. The van der Waals surface area contributed by atoms with E-state index < -0.39 is 48.6 Å². The van der Waals surface area contributed by atoms with Crippen LogP contribution in [0.2, 0.25) is 0 Å². The minimum Gasteiger partial charge on any atom is -0.428 e. The van der Waals surface area contributed by atoms with Crippen molar-refractivity contribution in [3.05, 3.63) is 0 Å². The van der Waals surface area contributed by atoms with Crippen LogP contribution in [0.15, 0.2) is 0 Å². The van der Waals surface area contributed by atoms with E-state index in [0.29, 0.717) is 19.4 Å². The van der Waals surface area contributed by atoms with Crippen molar-refractivity contribution in [1.82, 2.24) is 5.06 Å². The van der Waals surface area contributed by atoms with Crippen LogP contribution in [-0.2, 0) is 38.2 Å². The number of rotatable bonds is 11. The molecule has 10 heteroatoms. The molecule has 28 heavy (non-hydrogen) atoms. The maximum absolute atomic E-state index is 12.2. The molecular formula is C18H31NO9. The maximum Gasteiger partial charge on any atom is 0.531 e. The zero-order chi connectivity index (χ0) is 21.9. The molecule has 0 heterocycles. The lowest BCUT2D eigenvalue weighted by Gasteiger charge is -2.37. The second-order valence-electron chi connectivity index (χ2n) is 6.67. The molecule has 10 nitrogen and oxygen atoms in total. The topological polar surface area (TPSA) is 118 Å². The van der Waals surface area contributed by atoms with Gasteiger partial charge in [-0.25, -0.2) is 4.79 Å². The van der Waals surface area contributed by atoms with Crippen LogP contribution in [0.4, 0.5) is 4.79 Å². The summed E-state index contributed by atoms with van der Waals surface area (Å²) in [6.07, 6.45) is -1.34. The minimum absolute atomic E-state index is 0.309. The summed E-state index contributed by atoms with van der Waals surface area (Å²) < 4.78 is 19.1. The van der Waals surface area contributed by atoms with Gasteiger partial charge in [0.2, 0.25) is 13.1 Å². The van der Waals surface area contributed by atoms with Crippen molar-refractivity contribution in [2.75, 3.05) is 13.3 Å². The molecule has 0 aliphatic carbocycles. The smallest absolute Gasteiger partial charge is 0.428 e. The van der Waals surface area contributed by atoms with E-state index in [4.69, 9.17) is 19.0 Å². The molecule has 2 atom stereocenters. The number of carbonyl (C=O) groups is 4. The van der Waals surface area contributed by atoms with E-state index in [1.54, 1.807) is 20.8 Å². The predicted molar refractivity (Wildman–Crippen MR) is 96.4 cm³/mol. The van der Waals surface area contributed by atoms with Crippen LogP contribution in [0.3, 0.4) is 0 Å². The van der Waals surface area contributed by atoms with Gasteiger partial charge in [-0.2, -0.15) is 0 Å². The van der Waals surface area contributed by atoms with Gasteiger partial charge in [0.05, 0.1) is 11.5 Å². The van der Waals surface area contributed by atoms with Crippen molar-refractivity contribution in [1.29, 1.82) is 0 Å². The Balaban J connectivity index is 4.85. The largest absolute Gasteiger partial charge is 0.531 e. The number of carbonyl (C=O) groups excluding carboxylic acids is 4. The van der Waals surface area contributed by atoms with E-state index >= 15 is 0 Å². The SMILES string of the molecule is CCC(CC(C)(C)N(CC)OC(=O)OC(C)OC(C)=O)C(=O)OCOC(C)=O. The predicted octanol–water partition coefficient (Wildman–Crippen LogP) is 2.54. The summed E-state index contributed by atoms with van der Waals surface area (Å²) in [5.41, 5.74) is -0.737. The highest BCUT2D eigenvalue weighted by Crippen LogP contribution is 2.27. The Kier molecular flexibility index (Phi) is 11.1. The van der Waals surface area contributed by atoms with Crippen molar-refractivity contribution in [2.45, 2.75) is 73.1 Å². The Morgan fingerprint density at radius 3 is 2.04 bits per heavy atom. The molecule has 0 N–H and O–H groups in total. The number of nitrogens with zero attached hydrogens (tertiary/aromatic N) is 1. The van der Waals surface area contributed by atoms with E-state index in [1.807, 2.05) is 6.92 Å². The Bertz CT molecular complexity index is 547. The Labute approximate surface area is 165 Å². The Morgan fingerprint density at radius 1 is 0.964 bits per heavy atom. The molecule has 0 aromatic carbocycles. The van der Waals surface area contributed by atoms with Gasteiger partial charge >= 0.3 is 24.1 Å². The monoisotopic (exact) mass is 405 g/mol. The highest BCUT2D eigenvalue weighted by molar-refractivity contribution is 5.72. The average molecular weight is 405 g/mol. The zero-order valence-corrected chi connectivity index (χ0v) is 17.6. The summed E-state index contributed by atoms with van der Waals surface area (Å²) in [4.78, 5) is 51.0. The molecule has 2 unspecified atom stereocenters. The van der Waals surface area contributed by atoms with E-state index in [1.165, 1.54) is 25.8 Å². The molecule has 0 spiro atoms. The average Bonchev–Trinajstić information content (AvgIpc) is 2.55. The number of hydroxylamine groups is 2. The Hall–Kier alpha value is -2.36. The van der Waals surface area contributed by atoms with Crippen molar-refractivity contribution in [3.8, 4) is 0 Å². The molecule has 0 aliphatic rings. The van der Waals surface area contributed by atoms with E-state index in [-0.39, 0.29) is 0 Å². The fourth-order valence-electron chi connectivity index (χ4n) is 2.51. The summed E-state index contributed by atoms with van der Waals surface area (Å²) in [5, 5.41) is 1.37. The molecule has 0 aromatic rings. The van der Waals surface area contributed by atoms with Gasteiger partial charge in [0.25, 0.3) is 0 Å². The molecule has 162 valence electrons. The fourth-order valence-corrected chi connectivity index (χ4v) is 2.51. The van der Waals surface area contributed by atoms with Crippen molar-refractivity contribution < 1.29 is 43.0 Å². The molecule has 0 radical (unpaired) electrons. The minimum atomic E-state index is -1.09. The first kappa shape index (κ1) is 25.6. The lowest BCUT2D eigenvalue weighted by molar-refractivity contribution is -0.207. The normalized spacial score (nSPS) is 13.3. The third-order valence-electron chi connectivity index (χ3n) is 3.78. The zero-order valence-electron chi connectivity index (χ0n) is 17.6. The van der Waals surface area contributed by atoms with Gasteiger partial charge in [-0.1, -0.05) is 6.92 Å². The quantitative estimate of drug-likeness (QED) is 0.288. The highest BCUT2D eigenvalue weighted by atomic mass is 16.9. The van der Waals surface area contributed by atoms with Gasteiger partial charge in [-0.3, -0.25) is 14.4 Å². The number of esters is 3. The number of ether oxygens (including phenoxy) is 4.